The smallest absolute Gasteiger partial charge is 0.280 e. The molecule has 0 radical (unpaired) electrons. The molecule has 2 rings (SSSR count). The maximum atomic E-state index is 12.0. The second kappa shape index (κ2) is 4.62. The summed E-state index contributed by atoms with van der Waals surface area (Å²) in [6.45, 7) is 1.75. The van der Waals surface area contributed by atoms with Crippen molar-refractivity contribution in [1.29, 1.82) is 0 Å². The Hall–Kier alpha value is -1.53. The number of halogens is 1. The minimum atomic E-state index is -3.67. The summed E-state index contributed by atoms with van der Waals surface area (Å²) in [5, 5.41) is 0.487. The third kappa shape index (κ3) is 2.49. The highest BCUT2D eigenvalue weighted by molar-refractivity contribution is 7.92. The minimum Gasteiger partial charge on any atom is -0.339 e. The molecule has 1 aromatic carbocycles. The number of hydrogen-bond donors (Lipinski definition) is 1. The average molecular weight is 286 g/mol. The molecule has 0 atom stereocenters. The average Bonchev–Trinajstić information content (AvgIpc) is 2.72. The molecule has 0 fully saturated rings. The summed E-state index contributed by atoms with van der Waals surface area (Å²) >= 11 is 5.94. The summed E-state index contributed by atoms with van der Waals surface area (Å²) in [6.07, 6.45) is 2.86. The monoisotopic (exact) mass is 285 g/mol. The van der Waals surface area contributed by atoms with Crippen LogP contribution in [-0.4, -0.2) is 18.0 Å². The van der Waals surface area contributed by atoms with Crippen molar-refractivity contribution in [2.24, 2.45) is 7.05 Å². The Labute approximate surface area is 110 Å². The van der Waals surface area contributed by atoms with Gasteiger partial charge in [0.1, 0.15) is 0 Å². The third-order valence-electron chi connectivity index (χ3n) is 2.47. The van der Waals surface area contributed by atoms with Crippen molar-refractivity contribution >= 4 is 27.3 Å². The molecule has 2 aromatic rings. The molecule has 1 aromatic heterocycles. The first kappa shape index (κ1) is 12.9. The molecule has 18 heavy (non-hydrogen) atoms. The van der Waals surface area contributed by atoms with E-state index in [0.29, 0.717) is 16.3 Å². The van der Waals surface area contributed by atoms with Gasteiger partial charge in [-0.3, -0.25) is 4.72 Å². The fourth-order valence-electron chi connectivity index (χ4n) is 1.44. The largest absolute Gasteiger partial charge is 0.339 e. The quantitative estimate of drug-likeness (QED) is 0.940. The van der Waals surface area contributed by atoms with Gasteiger partial charge in [-0.15, -0.1) is 0 Å². The number of imidazole rings is 1. The van der Waals surface area contributed by atoms with Crippen molar-refractivity contribution < 1.29 is 8.42 Å². The topological polar surface area (TPSA) is 64.0 Å². The highest BCUT2D eigenvalue weighted by atomic mass is 35.5. The Bertz CT molecular complexity index is 679. The van der Waals surface area contributed by atoms with E-state index in [1.54, 1.807) is 36.7 Å². The van der Waals surface area contributed by atoms with Crippen LogP contribution in [0, 0.1) is 6.92 Å². The predicted molar refractivity (Wildman–Crippen MR) is 70.2 cm³/mol. The van der Waals surface area contributed by atoms with Crippen LogP contribution in [0.2, 0.25) is 5.02 Å². The molecule has 96 valence electrons. The van der Waals surface area contributed by atoms with E-state index in [4.69, 9.17) is 11.6 Å². The number of benzene rings is 1. The molecule has 0 aliphatic rings. The van der Waals surface area contributed by atoms with E-state index < -0.39 is 10.0 Å². The lowest BCUT2D eigenvalue weighted by Gasteiger charge is -2.09. The van der Waals surface area contributed by atoms with Crippen LogP contribution in [0.25, 0.3) is 0 Å². The molecule has 0 saturated heterocycles. The Morgan fingerprint density at radius 2 is 2.11 bits per heavy atom. The van der Waals surface area contributed by atoms with Crippen LogP contribution in [0.5, 0.6) is 0 Å². The second-order valence-electron chi connectivity index (χ2n) is 3.90. The summed E-state index contributed by atoms with van der Waals surface area (Å²) in [5.74, 6) is 0. The van der Waals surface area contributed by atoms with Crippen LogP contribution >= 0.6 is 11.6 Å². The van der Waals surface area contributed by atoms with Gasteiger partial charge in [0.25, 0.3) is 10.0 Å². The second-order valence-corrected chi connectivity index (χ2v) is 5.93. The van der Waals surface area contributed by atoms with Crippen molar-refractivity contribution in [2.75, 3.05) is 4.72 Å². The number of hydrogen-bond acceptors (Lipinski definition) is 3. The van der Waals surface area contributed by atoms with E-state index in [1.807, 2.05) is 0 Å². The van der Waals surface area contributed by atoms with E-state index in [-0.39, 0.29) is 5.03 Å². The van der Waals surface area contributed by atoms with Crippen LogP contribution in [-0.2, 0) is 17.1 Å². The summed E-state index contributed by atoms with van der Waals surface area (Å²) in [5.41, 5.74) is 1.13. The first-order chi connectivity index (χ1) is 8.40. The summed E-state index contributed by atoms with van der Waals surface area (Å²) in [4.78, 5) is 3.82. The summed E-state index contributed by atoms with van der Waals surface area (Å²) in [7, 11) is -1.97. The van der Waals surface area contributed by atoms with E-state index in [2.05, 4.69) is 9.71 Å². The number of rotatable bonds is 3. The zero-order valence-electron chi connectivity index (χ0n) is 9.88. The number of aromatic nitrogens is 2. The first-order valence-corrected chi connectivity index (χ1v) is 7.02. The highest BCUT2D eigenvalue weighted by Gasteiger charge is 2.18. The van der Waals surface area contributed by atoms with E-state index in [0.717, 1.165) is 0 Å². The Balaban J connectivity index is 2.37. The van der Waals surface area contributed by atoms with Crippen LogP contribution in [0.1, 0.15) is 5.56 Å². The number of sulfonamides is 1. The molecule has 0 bridgehead atoms. The van der Waals surface area contributed by atoms with Gasteiger partial charge in [0.2, 0.25) is 0 Å². The van der Waals surface area contributed by atoms with Gasteiger partial charge in [0.05, 0.1) is 12.0 Å². The molecule has 0 unspecified atom stereocenters. The van der Waals surface area contributed by atoms with Crippen molar-refractivity contribution in [2.45, 2.75) is 11.9 Å². The van der Waals surface area contributed by atoms with Gasteiger partial charge < -0.3 is 4.57 Å². The van der Waals surface area contributed by atoms with Gasteiger partial charge >= 0.3 is 0 Å². The molecule has 1 heterocycles. The lowest BCUT2D eigenvalue weighted by atomic mass is 10.2. The van der Waals surface area contributed by atoms with Gasteiger partial charge in [-0.25, -0.2) is 4.98 Å². The van der Waals surface area contributed by atoms with Crippen LogP contribution in [0.3, 0.4) is 0 Å². The predicted octanol–water partition coefficient (Wildman–Crippen LogP) is 2.18. The van der Waals surface area contributed by atoms with Crippen molar-refractivity contribution in [3.8, 4) is 0 Å². The Morgan fingerprint density at radius 3 is 2.72 bits per heavy atom. The molecule has 7 heteroatoms. The maximum absolute atomic E-state index is 12.0. The van der Waals surface area contributed by atoms with Crippen LogP contribution < -0.4 is 4.72 Å². The van der Waals surface area contributed by atoms with E-state index in [1.165, 1.54) is 12.5 Å². The van der Waals surface area contributed by atoms with Crippen LogP contribution in [0.4, 0.5) is 5.69 Å². The molecular weight excluding hydrogens is 274 g/mol. The number of anilines is 1. The Kier molecular flexibility index (Phi) is 3.32. The molecule has 1 N–H and O–H groups in total. The highest BCUT2D eigenvalue weighted by Crippen LogP contribution is 2.24. The minimum absolute atomic E-state index is 0.0237. The normalized spacial score (nSPS) is 11.5. The first-order valence-electron chi connectivity index (χ1n) is 5.16. The van der Waals surface area contributed by atoms with Gasteiger partial charge in [-0.05, 0) is 24.6 Å². The molecule has 0 saturated carbocycles. The molecule has 0 aliphatic carbocycles. The van der Waals surface area contributed by atoms with Crippen molar-refractivity contribution in [3.05, 3.63) is 41.3 Å². The summed E-state index contributed by atoms with van der Waals surface area (Å²) in [6, 6.07) is 5.04. The van der Waals surface area contributed by atoms with E-state index in [9.17, 15) is 8.42 Å². The SMILES string of the molecule is Cc1c(Cl)cccc1NS(=O)(=O)c1cn(C)cn1. The fourth-order valence-corrected chi connectivity index (χ4v) is 2.72. The number of nitrogens with zero attached hydrogens (tertiary/aromatic N) is 2. The number of nitrogens with one attached hydrogen (secondary N) is 1. The zero-order valence-corrected chi connectivity index (χ0v) is 11.5. The molecule has 0 amide bonds. The van der Waals surface area contributed by atoms with Crippen molar-refractivity contribution in [1.82, 2.24) is 9.55 Å². The number of aryl methyl sites for hydroxylation is 1. The standard InChI is InChI=1S/C11H12ClN3O2S/c1-8-9(12)4-3-5-10(8)14-18(16,17)11-6-15(2)7-13-11/h3-7,14H,1-2H3. The lowest BCUT2D eigenvalue weighted by molar-refractivity contribution is 0.598. The third-order valence-corrected chi connectivity index (χ3v) is 4.13. The fraction of sp³-hybridized carbons (Fsp3) is 0.182. The summed E-state index contributed by atoms with van der Waals surface area (Å²) < 4.78 is 28.1. The maximum Gasteiger partial charge on any atom is 0.280 e. The van der Waals surface area contributed by atoms with Gasteiger partial charge in [-0.1, -0.05) is 17.7 Å². The molecule has 0 spiro atoms. The molecule has 5 nitrogen and oxygen atoms in total. The lowest BCUT2D eigenvalue weighted by Crippen LogP contribution is -2.14. The van der Waals surface area contributed by atoms with Gasteiger partial charge in [0.15, 0.2) is 5.03 Å². The molecular formula is C11H12ClN3O2S. The van der Waals surface area contributed by atoms with Crippen molar-refractivity contribution in [3.63, 3.8) is 0 Å². The Morgan fingerprint density at radius 1 is 1.39 bits per heavy atom. The van der Waals surface area contributed by atoms with Crippen LogP contribution in [0.15, 0.2) is 35.7 Å². The zero-order chi connectivity index (χ0) is 13.3. The van der Waals surface area contributed by atoms with Gasteiger partial charge in [-0.2, -0.15) is 8.42 Å². The van der Waals surface area contributed by atoms with E-state index >= 15 is 0 Å². The van der Waals surface area contributed by atoms with Gasteiger partial charge in [0, 0.05) is 18.3 Å². The molecule has 0 aliphatic heterocycles.